The number of phenolic OH excluding ortho intramolecular Hbond substituents is 3. The third-order valence-electron chi connectivity index (χ3n) is 11.9. The van der Waals surface area contributed by atoms with Gasteiger partial charge in [0.15, 0.2) is 5.75 Å². The molecule has 7 N–H and O–H groups in total. The first kappa shape index (κ1) is 48.6. The molecule has 3 aromatic rings. The van der Waals surface area contributed by atoms with Gasteiger partial charge in [0.25, 0.3) is 11.7 Å². The van der Waals surface area contributed by atoms with E-state index in [0.717, 1.165) is 12.5 Å². The van der Waals surface area contributed by atoms with Gasteiger partial charge in [-0.15, -0.1) is 0 Å². The van der Waals surface area contributed by atoms with Crippen molar-refractivity contribution in [2.45, 2.75) is 98.1 Å². The molecule has 3 aromatic carbocycles. The number of nitrogens with zero attached hydrogens (tertiary/aromatic N) is 1. The largest absolute Gasteiger partial charge is 0.507 e. The number of methoxy groups -OCH3 is 1. The zero-order valence-corrected chi connectivity index (χ0v) is 37.1. The Labute approximate surface area is 370 Å². The van der Waals surface area contributed by atoms with Crippen LogP contribution in [0.2, 0.25) is 0 Å². The Hall–Kier alpha value is -6.43. The second-order valence-corrected chi connectivity index (χ2v) is 16.5. The number of hydrogen-bond donors (Lipinski definition) is 7. The van der Waals surface area contributed by atoms with Crippen molar-refractivity contribution in [3.05, 3.63) is 88.7 Å². The fourth-order valence-corrected chi connectivity index (χ4v) is 8.03. The number of carbonyl (C=O) groups is 4. The maximum atomic E-state index is 14.5. The highest BCUT2D eigenvalue weighted by Gasteiger charge is 2.50. The number of nitrogens with one attached hydrogen (secondary N) is 1. The summed E-state index contributed by atoms with van der Waals surface area (Å²) in [5.74, 6) is -10.9. The molecule has 3 aliphatic heterocycles. The lowest BCUT2D eigenvalue weighted by molar-refractivity contribution is -0.160. The van der Waals surface area contributed by atoms with E-state index < -0.39 is 123 Å². The highest BCUT2D eigenvalue weighted by molar-refractivity contribution is 6.23. The first-order chi connectivity index (χ1) is 30.1. The number of ketones is 1. The summed E-state index contributed by atoms with van der Waals surface area (Å²) >= 11 is 0. The third-order valence-corrected chi connectivity index (χ3v) is 11.9. The topological polar surface area (TPSA) is 260 Å². The molecule has 0 aromatic heterocycles. The van der Waals surface area contributed by atoms with Crippen LogP contribution in [0.5, 0.6) is 23.0 Å². The summed E-state index contributed by atoms with van der Waals surface area (Å²) in [6, 6.07) is 8.58. The predicted molar refractivity (Wildman–Crippen MR) is 234 cm³/mol. The molecule has 1 amide bonds. The van der Waals surface area contributed by atoms with E-state index in [0.29, 0.717) is 5.56 Å². The number of amides is 1. The number of carboxylic acids is 1. The van der Waals surface area contributed by atoms with Crippen molar-refractivity contribution in [3.63, 3.8) is 0 Å². The Bertz CT molecular complexity index is 2390. The second kappa shape index (κ2) is 20.0. The minimum absolute atomic E-state index is 0.0356. The molecule has 3 heterocycles. The predicted octanol–water partition coefficient (Wildman–Crippen LogP) is 5.80. The number of carboxylic acid groups (broad SMARTS) is 1. The molecule has 5 bridgehead atoms. The van der Waals surface area contributed by atoms with E-state index in [1.807, 2.05) is 0 Å². The first-order valence-electron chi connectivity index (χ1n) is 20.7. The number of phenols is 3. The van der Waals surface area contributed by atoms with Crippen molar-refractivity contribution in [1.82, 2.24) is 0 Å². The number of oxime groups is 1. The summed E-state index contributed by atoms with van der Waals surface area (Å²) in [5, 5.41) is 73.9. The molecular formula is C47H56N2O15. The molecular weight excluding hydrogens is 833 g/mol. The van der Waals surface area contributed by atoms with Crippen molar-refractivity contribution in [1.29, 1.82) is 0 Å². The average Bonchev–Trinajstić information content (AvgIpc) is 3.52. The van der Waals surface area contributed by atoms with E-state index >= 15 is 0 Å². The Morgan fingerprint density at radius 2 is 1.61 bits per heavy atom. The van der Waals surface area contributed by atoms with Gasteiger partial charge >= 0.3 is 17.7 Å². The number of benzene rings is 3. The maximum absolute atomic E-state index is 14.5. The molecule has 17 nitrogen and oxygen atoms in total. The summed E-state index contributed by atoms with van der Waals surface area (Å²) in [4.78, 5) is 58.1. The van der Waals surface area contributed by atoms with Crippen molar-refractivity contribution in [2.24, 2.45) is 28.8 Å². The molecule has 1 unspecified atom stereocenters. The van der Waals surface area contributed by atoms with E-state index in [1.165, 1.54) is 53.0 Å². The van der Waals surface area contributed by atoms with Crippen LogP contribution in [0.25, 0.3) is 10.8 Å². The van der Waals surface area contributed by atoms with Gasteiger partial charge in [0.2, 0.25) is 6.10 Å². The van der Waals surface area contributed by atoms with Gasteiger partial charge in [0.05, 0.1) is 53.0 Å². The highest BCUT2D eigenvalue weighted by Crippen LogP contribution is 2.55. The van der Waals surface area contributed by atoms with Gasteiger partial charge in [0, 0.05) is 67.6 Å². The van der Waals surface area contributed by atoms with Crippen LogP contribution in [0.1, 0.15) is 75.5 Å². The zero-order valence-electron chi connectivity index (χ0n) is 37.1. The third kappa shape index (κ3) is 9.86. The van der Waals surface area contributed by atoms with Gasteiger partial charge < -0.3 is 59.7 Å². The van der Waals surface area contributed by atoms with Crippen molar-refractivity contribution < 1.29 is 73.6 Å². The number of aromatic hydroxyl groups is 3. The molecule has 3 aliphatic rings. The summed E-state index contributed by atoms with van der Waals surface area (Å²) in [5.41, 5.74) is -0.597. The standard InChI is InChI=1S/C47H56N2O15/c1-22-14-13-15-23(2)45(57)49-36-30(21-48-64-32(46(58)59)20-29-16-11-10-12-17-29)40(54)33-34(41(36)55)39(53)27(6)43-35(33)44(56)47(8,63-43)61-19-18-31(60-9)24(3)42(62-28(7)50)26(5)38(52)25(4)37(22)51/h10-19,21-22,24-26,31-32,37-38,42,51-55H,20H2,1-9H3,(H,49,57)(H,58,59)/b14-13+,19-18+,23-15-,48-21+/t22-,24+,25+,26+,31-,32?,37-,38+,42+,47-/m0/s1. The number of fused-ring (bicyclic) bond motifs is 14. The van der Waals surface area contributed by atoms with Crippen LogP contribution in [0, 0.1) is 30.6 Å². The average molecular weight is 889 g/mol. The number of esters is 1. The molecule has 0 saturated heterocycles. The monoisotopic (exact) mass is 888 g/mol. The van der Waals surface area contributed by atoms with Crippen LogP contribution in [-0.4, -0.2) is 104 Å². The Morgan fingerprint density at radius 1 is 0.938 bits per heavy atom. The number of rotatable bonds is 8. The van der Waals surface area contributed by atoms with Gasteiger partial charge in [-0.05, 0) is 25.5 Å². The lowest BCUT2D eigenvalue weighted by Crippen LogP contribution is -2.46. The lowest BCUT2D eigenvalue weighted by Gasteiger charge is -2.38. The van der Waals surface area contributed by atoms with Crippen molar-refractivity contribution >= 4 is 46.3 Å². The van der Waals surface area contributed by atoms with E-state index in [9.17, 15) is 49.8 Å². The van der Waals surface area contributed by atoms with Gasteiger partial charge in [-0.3, -0.25) is 14.4 Å². The molecule has 17 heteroatoms. The number of allylic oxidation sites excluding steroid dienone is 2. The Kier molecular flexibility index (Phi) is 15.2. The highest BCUT2D eigenvalue weighted by atomic mass is 16.7. The number of anilines is 1. The Balaban J connectivity index is 1.70. The second-order valence-electron chi connectivity index (χ2n) is 16.5. The van der Waals surface area contributed by atoms with Crippen molar-refractivity contribution in [3.8, 4) is 23.0 Å². The number of aliphatic hydroxyl groups is 2. The van der Waals surface area contributed by atoms with Crippen LogP contribution >= 0.6 is 0 Å². The number of aliphatic carboxylic acids is 1. The maximum Gasteiger partial charge on any atom is 0.348 e. The molecule has 10 atom stereocenters. The number of aliphatic hydroxyl groups excluding tert-OH is 2. The molecule has 0 spiro atoms. The number of hydrogen-bond acceptors (Lipinski definition) is 15. The molecule has 344 valence electrons. The fourth-order valence-electron chi connectivity index (χ4n) is 8.03. The van der Waals surface area contributed by atoms with Crippen LogP contribution in [0.15, 0.2) is 71.6 Å². The van der Waals surface area contributed by atoms with Gasteiger partial charge in [-0.2, -0.15) is 0 Å². The van der Waals surface area contributed by atoms with Gasteiger partial charge in [-0.25, -0.2) is 4.79 Å². The van der Waals surface area contributed by atoms with Gasteiger partial charge in [-0.1, -0.05) is 81.4 Å². The van der Waals surface area contributed by atoms with Crippen LogP contribution in [0.3, 0.4) is 0 Å². The molecule has 0 fully saturated rings. The molecule has 64 heavy (non-hydrogen) atoms. The Morgan fingerprint density at radius 3 is 2.23 bits per heavy atom. The molecule has 0 radical (unpaired) electrons. The first-order valence-corrected chi connectivity index (χ1v) is 20.7. The van der Waals surface area contributed by atoms with Crippen LogP contribution < -0.4 is 10.1 Å². The number of ether oxygens (including phenoxy) is 4. The summed E-state index contributed by atoms with van der Waals surface area (Å²) in [7, 11) is 1.40. The summed E-state index contributed by atoms with van der Waals surface area (Å²) in [6.45, 7) is 12.1. The molecule has 6 rings (SSSR count). The molecule has 0 saturated carbocycles. The van der Waals surface area contributed by atoms with Crippen LogP contribution in [0.4, 0.5) is 5.69 Å². The SMILES string of the molecule is CO[C@H]1/C=C/O[C@@]2(C)Oc3c(C)c(O)c4c(O)c(c(/C=N/OC(Cc5ccccc5)C(=O)O)c(O)c4c3C2=O)NC(=O)/C(C)=C\C=C\[C@H](C)[C@H](O)[C@@H](C)[C@@H](O)[C@@H](C)[C@H](OC(C)=O)[C@@H]1C. The van der Waals surface area contributed by atoms with E-state index in [2.05, 4.69) is 10.5 Å². The zero-order chi connectivity index (χ0) is 47.4. The molecule has 0 aliphatic carbocycles. The number of carbonyl (C=O) groups excluding carboxylic acids is 3. The van der Waals surface area contributed by atoms with E-state index in [4.69, 9.17) is 23.8 Å². The fraction of sp³-hybridized carbons (Fsp3) is 0.426. The summed E-state index contributed by atoms with van der Waals surface area (Å²) in [6.07, 6.45) is 2.29. The minimum Gasteiger partial charge on any atom is -0.507 e. The van der Waals surface area contributed by atoms with Crippen LogP contribution in [-0.2, 0) is 39.9 Å². The van der Waals surface area contributed by atoms with Crippen molar-refractivity contribution in [2.75, 3.05) is 12.4 Å². The van der Waals surface area contributed by atoms with E-state index in [-0.39, 0.29) is 28.9 Å². The van der Waals surface area contributed by atoms with Gasteiger partial charge in [0.1, 0.15) is 23.4 Å². The quantitative estimate of drug-likeness (QED) is 0.0464. The number of Topliss-reactive ketones (excluding diaryl/α,β-unsaturated/α-hetero) is 1. The van der Waals surface area contributed by atoms with E-state index in [1.54, 1.807) is 64.1 Å². The minimum atomic E-state index is -2.14. The lowest BCUT2D eigenvalue weighted by atomic mass is 9.78. The summed E-state index contributed by atoms with van der Waals surface area (Å²) < 4.78 is 23.5. The smallest absolute Gasteiger partial charge is 0.348 e. The normalized spacial score (nSPS) is 29.0.